The number of carbonyl (C=O) groups is 1. The lowest BCUT2D eigenvalue weighted by Gasteiger charge is -2.29. The summed E-state index contributed by atoms with van der Waals surface area (Å²) in [7, 11) is 1.32. The number of anilines is 3. The first-order valence-electron chi connectivity index (χ1n) is 7.90. The zero-order valence-electron chi connectivity index (χ0n) is 14.1. The zero-order chi connectivity index (χ0) is 17.8. The SMILES string of the molecule is COC(=O)c1c(C)nc(Cl)nc1Nc1ccc(N2CCOCC2)cc1. The van der Waals surface area contributed by atoms with Crippen LogP contribution in [-0.4, -0.2) is 49.4 Å². The van der Waals surface area contributed by atoms with Gasteiger partial charge in [0.25, 0.3) is 0 Å². The molecule has 0 saturated carbocycles. The second-order valence-electron chi connectivity index (χ2n) is 5.56. The van der Waals surface area contributed by atoms with Crippen LogP contribution in [0.1, 0.15) is 16.1 Å². The molecule has 0 unspecified atom stereocenters. The fourth-order valence-electron chi connectivity index (χ4n) is 2.69. The number of halogens is 1. The number of rotatable bonds is 4. The summed E-state index contributed by atoms with van der Waals surface area (Å²) in [5.41, 5.74) is 2.64. The van der Waals surface area contributed by atoms with E-state index in [2.05, 4.69) is 20.2 Å². The van der Waals surface area contributed by atoms with Crippen molar-refractivity contribution in [3.63, 3.8) is 0 Å². The Kier molecular flexibility index (Phi) is 5.35. The van der Waals surface area contributed by atoms with E-state index in [-0.39, 0.29) is 10.8 Å². The van der Waals surface area contributed by atoms with Gasteiger partial charge in [0.2, 0.25) is 5.28 Å². The van der Waals surface area contributed by atoms with Crippen molar-refractivity contribution in [3.8, 4) is 0 Å². The van der Waals surface area contributed by atoms with Gasteiger partial charge in [0, 0.05) is 24.5 Å². The number of ether oxygens (including phenoxy) is 2. The minimum Gasteiger partial charge on any atom is -0.465 e. The van der Waals surface area contributed by atoms with Gasteiger partial charge in [-0.3, -0.25) is 0 Å². The molecule has 1 aliphatic heterocycles. The molecule has 1 fully saturated rings. The molecule has 2 heterocycles. The third-order valence-corrected chi connectivity index (χ3v) is 4.13. The molecule has 0 amide bonds. The molecule has 25 heavy (non-hydrogen) atoms. The van der Waals surface area contributed by atoms with Gasteiger partial charge in [-0.15, -0.1) is 0 Å². The third-order valence-electron chi connectivity index (χ3n) is 3.96. The van der Waals surface area contributed by atoms with Crippen molar-refractivity contribution in [2.45, 2.75) is 6.92 Å². The minimum atomic E-state index is -0.512. The summed E-state index contributed by atoms with van der Waals surface area (Å²) in [4.78, 5) is 22.4. The summed E-state index contributed by atoms with van der Waals surface area (Å²) < 4.78 is 10.2. The van der Waals surface area contributed by atoms with Crippen LogP contribution < -0.4 is 10.2 Å². The highest BCUT2D eigenvalue weighted by Gasteiger charge is 2.19. The molecule has 7 nitrogen and oxygen atoms in total. The Labute approximate surface area is 150 Å². The second-order valence-corrected chi connectivity index (χ2v) is 5.90. The average Bonchev–Trinajstić information content (AvgIpc) is 2.62. The van der Waals surface area contributed by atoms with Crippen LogP contribution in [0.25, 0.3) is 0 Å². The molecule has 8 heteroatoms. The first-order valence-corrected chi connectivity index (χ1v) is 8.28. The lowest BCUT2D eigenvalue weighted by atomic mass is 10.2. The Hall–Kier alpha value is -2.38. The number of methoxy groups -OCH3 is 1. The van der Waals surface area contributed by atoms with Crippen molar-refractivity contribution in [1.82, 2.24) is 9.97 Å². The quantitative estimate of drug-likeness (QED) is 0.662. The number of aryl methyl sites for hydroxylation is 1. The van der Waals surface area contributed by atoms with Crippen molar-refractivity contribution in [2.75, 3.05) is 43.6 Å². The highest BCUT2D eigenvalue weighted by Crippen LogP contribution is 2.25. The highest BCUT2D eigenvalue weighted by molar-refractivity contribution is 6.28. The van der Waals surface area contributed by atoms with Crippen LogP contribution in [0.3, 0.4) is 0 Å². The number of benzene rings is 1. The smallest absolute Gasteiger partial charge is 0.343 e. The van der Waals surface area contributed by atoms with E-state index < -0.39 is 5.97 Å². The number of carbonyl (C=O) groups excluding carboxylic acids is 1. The fraction of sp³-hybridized carbons (Fsp3) is 0.353. The van der Waals surface area contributed by atoms with Crippen molar-refractivity contribution in [1.29, 1.82) is 0 Å². The Morgan fingerprint density at radius 3 is 2.56 bits per heavy atom. The van der Waals surface area contributed by atoms with Crippen molar-refractivity contribution < 1.29 is 14.3 Å². The van der Waals surface area contributed by atoms with E-state index in [4.69, 9.17) is 21.1 Å². The number of nitrogens with one attached hydrogen (secondary N) is 1. The van der Waals surface area contributed by atoms with Crippen molar-refractivity contribution in [2.24, 2.45) is 0 Å². The van der Waals surface area contributed by atoms with Crippen LogP contribution >= 0.6 is 11.6 Å². The van der Waals surface area contributed by atoms with Crippen LogP contribution in [0.15, 0.2) is 24.3 Å². The van der Waals surface area contributed by atoms with Crippen molar-refractivity contribution in [3.05, 3.63) is 40.8 Å². The fourth-order valence-corrected chi connectivity index (χ4v) is 2.90. The van der Waals surface area contributed by atoms with Crippen molar-refractivity contribution >= 4 is 34.8 Å². The average molecular weight is 363 g/mol. The van der Waals surface area contributed by atoms with E-state index in [0.717, 1.165) is 37.7 Å². The normalized spacial score (nSPS) is 14.3. The zero-order valence-corrected chi connectivity index (χ0v) is 14.8. The van der Waals surface area contributed by atoms with Crippen LogP contribution in [0.4, 0.5) is 17.2 Å². The Morgan fingerprint density at radius 1 is 1.24 bits per heavy atom. The molecule has 0 aliphatic carbocycles. The van der Waals surface area contributed by atoms with Gasteiger partial charge in [0.05, 0.1) is 26.0 Å². The number of nitrogens with zero attached hydrogens (tertiary/aromatic N) is 3. The minimum absolute atomic E-state index is 0.0672. The third kappa shape index (κ3) is 4.00. The van der Waals surface area contributed by atoms with Crippen LogP contribution in [-0.2, 0) is 9.47 Å². The maximum atomic E-state index is 12.0. The standard InChI is InChI=1S/C17H19ClN4O3/c1-11-14(16(23)24-2)15(21-17(18)19-11)20-12-3-5-13(6-4-12)22-7-9-25-10-8-22/h3-6H,7-10H2,1-2H3,(H,19,20,21). The number of esters is 1. The molecule has 0 spiro atoms. The largest absolute Gasteiger partial charge is 0.465 e. The van der Waals surface area contributed by atoms with E-state index in [1.165, 1.54) is 7.11 Å². The monoisotopic (exact) mass is 362 g/mol. The van der Waals surface area contributed by atoms with Gasteiger partial charge >= 0.3 is 5.97 Å². The lowest BCUT2D eigenvalue weighted by Crippen LogP contribution is -2.36. The van der Waals surface area contributed by atoms with Gasteiger partial charge in [-0.2, -0.15) is 4.98 Å². The number of hydrogen-bond acceptors (Lipinski definition) is 7. The number of aromatic nitrogens is 2. The van der Waals surface area contributed by atoms with E-state index in [9.17, 15) is 4.79 Å². The van der Waals surface area contributed by atoms with Crippen LogP contribution in [0, 0.1) is 6.92 Å². The summed E-state index contributed by atoms with van der Waals surface area (Å²) in [6.45, 7) is 4.91. The van der Waals surface area contributed by atoms with E-state index >= 15 is 0 Å². The summed E-state index contributed by atoms with van der Waals surface area (Å²) in [5.74, 6) is -0.190. The Balaban J connectivity index is 1.83. The van der Waals surface area contributed by atoms with E-state index in [1.807, 2.05) is 24.3 Å². The van der Waals surface area contributed by atoms with Gasteiger partial charge < -0.3 is 19.7 Å². The summed E-state index contributed by atoms with van der Waals surface area (Å²) >= 11 is 5.93. The van der Waals surface area contributed by atoms with Gasteiger partial charge in [-0.05, 0) is 42.8 Å². The molecule has 1 aromatic carbocycles. The molecule has 3 rings (SSSR count). The van der Waals surface area contributed by atoms with E-state index in [0.29, 0.717) is 11.5 Å². The molecule has 1 aliphatic rings. The molecule has 132 valence electrons. The summed E-state index contributed by atoms with van der Waals surface area (Å²) in [6, 6.07) is 7.89. The Morgan fingerprint density at radius 2 is 1.92 bits per heavy atom. The molecule has 2 aromatic rings. The topological polar surface area (TPSA) is 76.6 Å². The summed E-state index contributed by atoms with van der Waals surface area (Å²) in [5, 5.41) is 3.19. The van der Waals surface area contributed by atoms with Crippen LogP contribution in [0.2, 0.25) is 5.28 Å². The van der Waals surface area contributed by atoms with E-state index in [1.54, 1.807) is 6.92 Å². The predicted octanol–water partition coefficient (Wildman–Crippen LogP) is 2.81. The van der Waals surface area contributed by atoms with Gasteiger partial charge in [-0.1, -0.05) is 0 Å². The second kappa shape index (κ2) is 7.67. The van der Waals surface area contributed by atoms with Gasteiger partial charge in [0.15, 0.2) is 0 Å². The molecular weight excluding hydrogens is 344 g/mol. The maximum absolute atomic E-state index is 12.0. The first-order chi connectivity index (χ1) is 12.1. The molecule has 1 aromatic heterocycles. The summed E-state index contributed by atoms with van der Waals surface area (Å²) in [6.07, 6.45) is 0. The first kappa shape index (κ1) is 17.4. The molecular formula is C17H19ClN4O3. The highest BCUT2D eigenvalue weighted by atomic mass is 35.5. The molecule has 1 N–H and O–H groups in total. The molecule has 0 bridgehead atoms. The number of hydrogen-bond donors (Lipinski definition) is 1. The predicted molar refractivity (Wildman–Crippen MR) is 95.9 cm³/mol. The number of morpholine rings is 1. The molecule has 1 saturated heterocycles. The maximum Gasteiger partial charge on any atom is 0.343 e. The van der Waals surface area contributed by atoms with Crippen LogP contribution in [0.5, 0.6) is 0 Å². The van der Waals surface area contributed by atoms with Gasteiger partial charge in [-0.25, -0.2) is 9.78 Å². The lowest BCUT2D eigenvalue weighted by molar-refractivity contribution is 0.0600. The molecule has 0 atom stereocenters. The van der Waals surface area contributed by atoms with Gasteiger partial charge in [0.1, 0.15) is 11.4 Å². The Bertz CT molecular complexity index is 761. The molecule has 0 radical (unpaired) electrons.